The van der Waals surface area contributed by atoms with Gasteiger partial charge >= 0.3 is 5.97 Å². The van der Waals surface area contributed by atoms with E-state index in [4.69, 9.17) is 28.6 Å². The number of fused-ring (bicyclic) bond motifs is 1. The lowest BCUT2D eigenvalue weighted by Gasteiger charge is -2.25. The molecule has 4 rings (SSSR count). The average molecular weight is 433 g/mol. The molecule has 8 heteroatoms. The molecule has 144 valence electrons. The molecule has 0 saturated carbocycles. The number of anilines is 1. The van der Waals surface area contributed by atoms with Gasteiger partial charge in [-0.1, -0.05) is 23.7 Å². The largest absolute Gasteiger partial charge is 0.462 e. The van der Waals surface area contributed by atoms with Crippen molar-refractivity contribution in [3.8, 4) is 0 Å². The van der Waals surface area contributed by atoms with E-state index >= 15 is 0 Å². The van der Waals surface area contributed by atoms with Crippen molar-refractivity contribution in [2.75, 3.05) is 17.3 Å². The quantitative estimate of drug-likeness (QED) is 0.531. The third-order valence-electron chi connectivity index (χ3n) is 4.71. The first-order chi connectivity index (χ1) is 13.5. The van der Waals surface area contributed by atoms with Gasteiger partial charge in [0.25, 0.3) is 5.91 Å². The lowest BCUT2D eigenvalue weighted by Crippen LogP contribution is -2.33. The standard InChI is InChI=1S/C20H17ClN2O3S2/c1-2-26-19(25)13-5-9-15(10-6-13)22-17(24)16-11-28-18(23(16)20(22)27)12-3-7-14(21)8-4-12/h3-10,16,18H,2,11H2,1H3/t16-,18+/m0/s1. The number of thioether (sulfide) groups is 1. The molecule has 28 heavy (non-hydrogen) atoms. The number of nitrogens with zero attached hydrogens (tertiary/aromatic N) is 2. The fraction of sp³-hybridized carbons (Fsp3) is 0.250. The number of benzene rings is 2. The second-order valence-electron chi connectivity index (χ2n) is 6.38. The van der Waals surface area contributed by atoms with E-state index in [9.17, 15) is 9.59 Å². The van der Waals surface area contributed by atoms with Crippen LogP contribution in [-0.4, -0.2) is 40.3 Å². The summed E-state index contributed by atoms with van der Waals surface area (Å²) in [6.45, 7) is 2.07. The van der Waals surface area contributed by atoms with E-state index in [2.05, 4.69) is 0 Å². The Labute approximate surface area is 177 Å². The van der Waals surface area contributed by atoms with Gasteiger partial charge in [0.1, 0.15) is 11.4 Å². The van der Waals surface area contributed by atoms with Crippen molar-refractivity contribution in [3.63, 3.8) is 0 Å². The van der Waals surface area contributed by atoms with Crippen LogP contribution in [0.15, 0.2) is 48.5 Å². The van der Waals surface area contributed by atoms with Crippen molar-refractivity contribution < 1.29 is 14.3 Å². The van der Waals surface area contributed by atoms with Crippen LogP contribution in [0, 0.1) is 0 Å². The summed E-state index contributed by atoms with van der Waals surface area (Å²) < 4.78 is 5.00. The third kappa shape index (κ3) is 3.27. The van der Waals surface area contributed by atoms with E-state index in [1.54, 1.807) is 47.9 Å². The summed E-state index contributed by atoms with van der Waals surface area (Å²) in [5, 5.41) is 1.12. The number of carbonyl (C=O) groups is 2. The molecule has 0 aromatic heterocycles. The minimum atomic E-state index is -0.385. The van der Waals surface area contributed by atoms with E-state index < -0.39 is 0 Å². The number of rotatable bonds is 4. The number of thiocarbonyl (C=S) groups is 1. The molecule has 0 N–H and O–H groups in total. The number of amides is 1. The summed E-state index contributed by atoms with van der Waals surface area (Å²) in [6, 6.07) is 14.1. The third-order valence-corrected chi connectivity index (χ3v) is 6.68. The first-order valence-corrected chi connectivity index (χ1v) is 10.6. The zero-order chi connectivity index (χ0) is 19.8. The number of esters is 1. The maximum Gasteiger partial charge on any atom is 0.338 e. The first-order valence-electron chi connectivity index (χ1n) is 8.81. The lowest BCUT2D eigenvalue weighted by atomic mass is 10.2. The van der Waals surface area contributed by atoms with Crippen molar-refractivity contribution in [2.24, 2.45) is 0 Å². The molecule has 2 aromatic carbocycles. The van der Waals surface area contributed by atoms with E-state index in [-0.39, 0.29) is 23.3 Å². The van der Waals surface area contributed by atoms with Crippen LogP contribution in [0.1, 0.15) is 28.2 Å². The minimum Gasteiger partial charge on any atom is -0.462 e. The maximum absolute atomic E-state index is 13.0. The van der Waals surface area contributed by atoms with Gasteiger partial charge in [-0.15, -0.1) is 11.8 Å². The molecule has 5 nitrogen and oxygen atoms in total. The molecule has 2 atom stereocenters. The summed E-state index contributed by atoms with van der Waals surface area (Å²) in [6.07, 6.45) is 0. The highest BCUT2D eigenvalue weighted by atomic mass is 35.5. The molecule has 2 aromatic rings. The molecule has 0 aliphatic carbocycles. The Morgan fingerprint density at radius 3 is 2.54 bits per heavy atom. The predicted octanol–water partition coefficient (Wildman–Crippen LogP) is 4.26. The highest BCUT2D eigenvalue weighted by molar-refractivity contribution is 7.99. The summed E-state index contributed by atoms with van der Waals surface area (Å²) >= 11 is 13.4. The fourth-order valence-corrected chi connectivity index (χ4v) is 5.42. The van der Waals surface area contributed by atoms with E-state index in [1.807, 2.05) is 29.2 Å². The normalized spacial score (nSPS) is 21.2. The van der Waals surface area contributed by atoms with Crippen LogP contribution in [-0.2, 0) is 9.53 Å². The number of hydrogen-bond acceptors (Lipinski definition) is 5. The molecule has 2 saturated heterocycles. The summed E-state index contributed by atoms with van der Waals surface area (Å²) in [5.74, 6) is 0.242. The van der Waals surface area contributed by atoms with Crippen molar-refractivity contribution in [2.45, 2.75) is 18.3 Å². The molecule has 2 fully saturated rings. The Morgan fingerprint density at radius 1 is 1.21 bits per heavy atom. The Hall–Kier alpha value is -2.09. The molecule has 2 aliphatic rings. The number of ether oxygens (including phenoxy) is 1. The van der Waals surface area contributed by atoms with Crippen molar-refractivity contribution in [1.29, 1.82) is 0 Å². The fourth-order valence-electron chi connectivity index (χ4n) is 3.37. The minimum absolute atomic E-state index is 0.0254. The smallest absolute Gasteiger partial charge is 0.338 e. The first kappa shape index (κ1) is 19.2. The van der Waals surface area contributed by atoms with Crippen LogP contribution in [0.5, 0.6) is 0 Å². The monoisotopic (exact) mass is 432 g/mol. The summed E-state index contributed by atoms with van der Waals surface area (Å²) in [4.78, 5) is 28.4. The lowest BCUT2D eigenvalue weighted by molar-refractivity contribution is -0.119. The second kappa shape index (κ2) is 7.73. The SMILES string of the molecule is CCOC(=O)c1ccc(N2C(=O)[C@@H]3CS[C@H](c4ccc(Cl)cc4)N3C2=S)cc1. The van der Waals surface area contributed by atoms with Crippen molar-refractivity contribution >= 4 is 58.3 Å². The zero-order valence-corrected chi connectivity index (χ0v) is 17.4. The van der Waals surface area contributed by atoms with Gasteiger partial charge in [0, 0.05) is 10.8 Å². The van der Waals surface area contributed by atoms with Crippen LogP contribution in [0.2, 0.25) is 5.02 Å². The Morgan fingerprint density at radius 2 is 1.89 bits per heavy atom. The van der Waals surface area contributed by atoms with E-state index in [1.165, 1.54) is 0 Å². The molecular formula is C20H17ClN2O3S2. The van der Waals surface area contributed by atoms with E-state index in [0.29, 0.717) is 33.7 Å². The van der Waals surface area contributed by atoms with Gasteiger partial charge in [-0.25, -0.2) is 4.79 Å². The van der Waals surface area contributed by atoms with Gasteiger partial charge < -0.3 is 9.64 Å². The maximum atomic E-state index is 13.0. The number of hydrogen-bond donors (Lipinski definition) is 0. The van der Waals surface area contributed by atoms with Crippen molar-refractivity contribution in [1.82, 2.24) is 4.90 Å². The van der Waals surface area contributed by atoms with Gasteiger partial charge in [0.05, 0.1) is 17.9 Å². The van der Waals surface area contributed by atoms with Crippen LogP contribution in [0.4, 0.5) is 5.69 Å². The predicted molar refractivity (Wildman–Crippen MR) is 115 cm³/mol. The highest BCUT2D eigenvalue weighted by Gasteiger charge is 2.50. The molecule has 0 radical (unpaired) electrons. The Kier molecular flexibility index (Phi) is 5.31. The van der Waals surface area contributed by atoms with Crippen LogP contribution < -0.4 is 4.90 Å². The van der Waals surface area contributed by atoms with Gasteiger partial charge in [-0.3, -0.25) is 9.69 Å². The van der Waals surface area contributed by atoms with Crippen LogP contribution >= 0.6 is 35.6 Å². The number of halogens is 1. The Balaban J connectivity index is 1.59. The van der Waals surface area contributed by atoms with Crippen molar-refractivity contribution in [3.05, 3.63) is 64.7 Å². The number of carbonyl (C=O) groups excluding carboxylic acids is 2. The molecule has 2 aliphatic heterocycles. The molecule has 0 bridgehead atoms. The van der Waals surface area contributed by atoms with E-state index in [0.717, 1.165) is 5.56 Å². The average Bonchev–Trinajstić information content (AvgIpc) is 3.23. The molecule has 0 spiro atoms. The topological polar surface area (TPSA) is 49.9 Å². The van der Waals surface area contributed by atoms with Gasteiger partial charge in [-0.2, -0.15) is 0 Å². The summed E-state index contributed by atoms with van der Waals surface area (Å²) in [7, 11) is 0. The Bertz CT molecular complexity index is 933. The van der Waals surface area contributed by atoms with Gasteiger partial charge in [-0.05, 0) is 61.1 Å². The molecule has 0 unspecified atom stereocenters. The second-order valence-corrected chi connectivity index (χ2v) is 8.30. The van der Waals surface area contributed by atoms with Crippen LogP contribution in [0.25, 0.3) is 0 Å². The molecule has 2 heterocycles. The van der Waals surface area contributed by atoms with Crippen LogP contribution in [0.3, 0.4) is 0 Å². The molecule has 1 amide bonds. The highest BCUT2D eigenvalue weighted by Crippen LogP contribution is 2.46. The molecular weight excluding hydrogens is 416 g/mol. The zero-order valence-electron chi connectivity index (χ0n) is 15.0. The van der Waals surface area contributed by atoms with Gasteiger partial charge in [0.15, 0.2) is 5.11 Å². The summed E-state index contributed by atoms with van der Waals surface area (Å²) in [5.41, 5.74) is 2.15. The van der Waals surface area contributed by atoms with Gasteiger partial charge in [0.2, 0.25) is 0 Å².